The molecule has 16 heavy (non-hydrogen) atoms. The first-order valence-corrected chi connectivity index (χ1v) is 5.56. The van der Waals surface area contributed by atoms with Crippen molar-refractivity contribution in [3.63, 3.8) is 0 Å². The van der Waals surface area contributed by atoms with Crippen LogP contribution in [0.1, 0.15) is 29.3 Å². The van der Waals surface area contributed by atoms with Crippen molar-refractivity contribution in [1.82, 2.24) is 10.2 Å². The van der Waals surface area contributed by atoms with Crippen LogP contribution in [0, 0.1) is 13.8 Å². The van der Waals surface area contributed by atoms with E-state index in [1.54, 1.807) is 6.92 Å². The lowest BCUT2D eigenvalue weighted by Crippen LogP contribution is -1.83. The van der Waals surface area contributed by atoms with Gasteiger partial charge in [-0.3, -0.25) is 0 Å². The van der Waals surface area contributed by atoms with Gasteiger partial charge >= 0.3 is 0 Å². The predicted molar refractivity (Wildman–Crippen MR) is 63.5 cm³/mol. The van der Waals surface area contributed by atoms with Gasteiger partial charge in [-0.05, 0) is 44.0 Å². The Bertz CT molecular complexity index is 505. The molecular formula is C12H13ClN2O. The van der Waals surface area contributed by atoms with Gasteiger partial charge in [0.1, 0.15) is 5.38 Å². The van der Waals surface area contributed by atoms with Gasteiger partial charge in [0.25, 0.3) is 0 Å². The maximum atomic E-state index is 5.86. The highest BCUT2D eigenvalue weighted by atomic mass is 35.5. The fraction of sp³-hybridized carbons (Fsp3) is 0.333. The minimum Gasteiger partial charge on any atom is -0.419 e. The summed E-state index contributed by atoms with van der Waals surface area (Å²) in [5, 5.41) is 7.62. The lowest BCUT2D eigenvalue weighted by molar-refractivity contribution is 0.507. The minimum atomic E-state index is -0.257. The zero-order valence-corrected chi connectivity index (χ0v) is 10.2. The lowest BCUT2D eigenvalue weighted by Gasteiger charge is -2.01. The molecule has 3 nitrogen and oxygen atoms in total. The standard InChI is InChI=1S/C12H13ClN2O/c1-7-4-5-10(6-8(7)2)12-15-14-11(16-12)9(3)13/h4-6,9H,1-3H3/t9-/m1/s1. The number of aromatic nitrogens is 2. The van der Waals surface area contributed by atoms with Gasteiger partial charge in [0, 0.05) is 5.56 Å². The molecule has 4 heteroatoms. The Morgan fingerprint density at radius 1 is 1.19 bits per heavy atom. The van der Waals surface area contributed by atoms with Crippen molar-refractivity contribution in [2.75, 3.05) is 0 Å². The molecule has 0 saturated heterocycles. The van der Waals surface area contributed by atoms with Crippen molar-refractivity contribution in [3.8, 4) is 11.5 Å². The van der Waals surface area contributed by atoms with Crippen molar-refractivity contribution in [2.24, 2.45) is 0 Å². The largest absolute Gasteiger partial charge is 0.419 e. The predicted octanol–water partition coefficient (Wildman–Crippen LogP) is 3.65. The van der Waals surface area contributed by atoms with E-state index in [9.17, 15) is 0 Å². The topological polar surface area (TPSA) is 38.9 Å². The third-order valence-electron chi connectivity index (χ3n) is 2.53. The van der Waals surface area contributed by atoms with Crippen LogP contribution in [-0.2, 0) is 0 Å². The molecule has 0 radical (unpaired) electrons. The van der Waals surface area contributed by atoms with E-state index < -0.39 is 0 Å². The van der Waals surface area contributed by atoms with E-state index in [2.05, 4.69) is 24.0 Å². The number of rotatable bonds is 2. The first-order chi connectivity index (χ1) is 7.58. The van der Waals surface area contributed by atoms with Gasteiger partial charge in [-0.1, -0.05) is 6.07 Å². The van der Waals surface area contributed by atoms with Gasteiger partial charge in [-0.2, -0.15) is 0 Å². The van der Waals surface area contributed by atoms with Gasteiger partial charge in [-0.25, -0.2) is 0 Å². The number of halogens is 1. The number of nitrogens with zero attached hydrogens (tertiary/aromatic N) is 2. The van der Waals surface area contributed by atoms with Gasteiger partial charge in [0.2, 0.25) is 11.8 Å². The van der Waals surface area contributed by atoms with Gasteiger partial charge in [0.05, 0.1) is 0 Å². The molecule has 0 aliphatic heterocycles. The average molecular weight is 237 g/mol. The zero-order valence-electron chi connectivity index (χ0n) is 9.49. The highest BCUT2D eigenvalue weighted by Crippen LogP contribution is 2.24. The summed E-state index contributed by atoms with van der Waals surface area (Å²) in [4.78, 5) is 0. The normalized spacial score (nSPS) is 12.8. The van der Waals surface area contributed by atoms with E-state index in [0.29, 0.717) is 11.8 Å². The van der Waals surface area contributed by atoms with E-state index in [-0.39, 0.29) is 5.38 Å². The number of alkyl halides is 1. The third-order valence-corrected chi connectivity index (χ3v) is 2.72. The van der Waals surface area contributed by atoms with Crippen molar-refractivity contribution in [1.29, 1.82) is 0 Å². The van der Waals surface area contributed by atoms with Gasteiger partial charge < -0.3 is 4.42 Å². The molecule has 2 aromatic rings. The summed E-state index contributed by atoms with van der Waals surface area (Å²) in [6.45, 7) is 5.93. The monoisotopic (exact) mass is 236 g/mol. The van der Waals surface area contributed by atoms with Crippen LogP contribution in [0.15, 0.2) is 22.6 Å². The Morgan fingerprint density at radius 3 is 2.50 bits per heavy atom. The molecule has 0 bridgehead atoms. The van der Waals surface area contributed by atoms with Crippen LogP contribution in [0.4, 0.5) is 0 Å². The summed E-state index contributed by atoms with van der Waals surface area (Å²) in [5.41, 5.74) is 3.38. The molecule has 1 aromatic carbocycles. The number of hydrogen-bond acceptors (Lipinski definition) is 3. The molecular weight excluding hydrogens is 224 g/mol. The summed E-state index contributed by atoms with van der Waals surface area (Å²) < 4.78 is 5.47. The summed E-state index contributed by atoms with van der Waals surface area (Å²) in [7, 11) is 0. The van der Waals surface area contributed by atoms with Crippen LogP contribution in [0.25, 0.3) is 11.5 Å². The molecule has 0 amide bonds. The first-order valence-electron chi connectivity index (χ1n) is 5.13. The third kappa shape index (κ3) is 2.09. The highest BCUT2D eigenvalue weighted by Gasteiger charge is 2.12. The maximum Gasteiger partial charge on any atom is 0.247 e. The molecule has 84 valence electrons. The maximum absolute atomic E-state index is 5.86. The number of hydrogen-bond donors (Lipinski definition) is 0. The van der Waals surface area contributed by atoms with Crippen LogP contribution in [0.2, 0.25) is 0 Å². The second-order valence-electron chi connectivity index (χ2n) is 3.86. The molecule has 2 rings (SSSR count). The van der Waals surface area contributed by atoms with Gasteiger partial charge in [-0.15, -0.1) is 21.8 Å². The van der Waals surface area contributed by atoms with Crippen LogP contribution < -0.4 is 0 Å². The Labute approximate surface area is 99.5 Å². The fourth-order valence-corrected chi connectivity index (χ4v) is 1.47. The van der Waals surface area contributed by atoms with Crippen molar-refractivity contribution >= 4 is 11.6 Å². The summed E-state index contributed by atoms with van der Waals surface area (Å²) in [5.74, 6) is 0.973. The fourth-order valence-electron chi connectivity index (χ4n) is 1.39. The number of benzene rings is 1. The van der Waals surface area contributed by atoms with Crippen molar-refractivity contribution in [2.45, 2.75) is 26.1 Å². The summed E-state index contributed by atoms with van der Waals surface area (Å²) in [6, 6.07) is 6.04. The van der Waals surface area contributed by atoms with Crippen LogP contribution in [0.5, 0.6) is 0 Å². The van der Waals surface area contributed by atoms with Crippen LogP contribution in [0.3, 0.4) is 0 Å². The molecule has 1 atom stereocenters. The lowest BCUT2D eigenvalue weighted by atomic mass is 10.1. The van der Waals surface area contributed by atoms with E-state index in [1.807, 2.05) is 18.2 Å². The quantitative estimate of drug-likeness (QED) is 0.747. The smallest absolute Gasteiger partial charge is 0.247 e. The Hall–Kier alpha value is -1.35. The first kappa shape index (κ1) is 11.1. The Morgan fingerprint density at radius 2 is 1.94 bits per heavy atom. The SMILES string of the molecule is Cc1ccc(-c2nnc([C@@H](C)Cl)o2)cc1C. The van der Waals surface area contributed by atoms with Gasteiger partial charge in [0.15, 0.2) is 0 Å². The molecule has 0 unspecified atom stereocenters. The van der Waals surface area contributed by atoms with Crippen LogP contribution in [-0.4, -0.2) is 10.2 Å². The minimum absolute atomic E-state index is 0.257. The summed E-state index contributed by atoms with van der Waals surface area (Å²) in [6.07, 6.45) is 0. The molecule has 0 aliphatic rings. The van der Waals surface area contributed by atoms with E-state index in [4.69, 9.17) is 16.0 Å². The highest BCUT2D eigenvalue weighted by molar-refractivity contribution is 6.20. The molecule has 0 spiro atoms. The molecule has 0 saturated carbocycles. The van der Waals surface area contributed by atoms with E-state index in [1.165, 1.54) is 11.1 Å². The molecule has 0 N–H and O–H groups in total. The van der Waals surface area contributed by atoms with Crippen LogP contribution >= 0.6 is 11.6 Å². The van der Waals surface area contributed by atoms with Crippen molar-refractivity contribution < 1.29 is 4.42 Å². The molecule has 1 aromatic heterocycles. The summed E-state index contributed by atoms with van der Waals surface area (Å²) >= 11 is 5.86. The zero-order chi connectivity index (χ0) is 11.7. The second-order valence-corrected chi connectivity index (χ2v) is 4.52. The molecule has 0 aliphatic carbocycles. The average Bonchev–Trinajstić information content (AvgIpc) is 2.71. The molecule has 0 fully saturated rings. The Balaban J connectivity index is 2.39. The Kier molecular flexibility index (Phi) is 2.97. The van der Waals surface area contributed by atoms with E-state index in [0.717, 1.165) is 5.56 Å². The van der Waals surface area contributed by atoms with Crippen molar-refractivity contribution in [3.05, 3.63) is 35.2 Å². The molecule has 1 heterocycles. The second kappa shape index (κ2) is 4.26. The van der Waals surface area contributed by atoms with E-state index >= 15 is 0 Å². The number of aryl methyl sites for hydroxylation is 2.